The SMILES string of the molecule is COc1ccc(NC(=O)Cn2nnc(-c3ccc(Cl)cc3)n2)c(OC)c1. The standard InChI is InChI=1S/C17H16ClN5O3/c1-25-13-7-8-14(15(9-13)26-2)19-16(24)10-23-21-17(20-22-23)11-3-5-12(18)6-4-11/h3-9H,10H2,1-2H3,(H,19,24). The summed E-state index contributed by atoms with van der Waals surface area (Å²) in [4.78, 5) is 13.5. The Morgan fingerprint density at radius 3 is 2.62 bits per heavy atom. The van der Waals surface area contributed by atoms with Crippen LogP contribution in [0.15, 0.2) is 42.5 Å². The molecule has 0 saturated carbocycles. The summed E-state index contributed by atoms with van der Waals surface area (Å²) in [5, 5.41) is 15.4. The number of nitrogens with zero attached hydrogens (tertiary/aromatic N) is 4. The number of rotatable bonds is 6. The summed E-state index contributed by atoms with van der Waals surface area (Å²) in [6.45, 7) is -0.0875. The molecule has 1 N–H and O–H groups in total. The van der Waals surface area contributed by atoms with Gasteiger partial charge in [-0.15, -0.1) is 10.2 Å². The van der Waals surface area contributed by atoms with Crippen LogP contribution >= 0.6 is 11.6 Å². The quantitative estimate of drug-likeness (QED) is 0.714. The number of nitrogens with one attached hydrogen (secondary N) is 1. The lowest BCUT2D eigenvalue weighted by Crippen LogP contribution is -2.20. The Morgan fingerprint density at radius 2 is 1.92 bits per heavy atom. The van der Waals surface area contributed by atoms with Crippen molar-refractivity contribution in [2.45, 2.75) is 6.54 Å². The highest BCUT2D eigenvalue weighted by Crippen LogP contribution is 2.29. The molecular formula is C17H16ClN5O3. The third-order valence-electron chi connectivity index (χ3n) is 3.52. The Morgan fingerprint density at radius 1 is 1.15 bits per heavy atom. The summed E-state index contributed by atoms with van der Waals surface area (Å²) in [6, 6.07) is 12.1. The molecule has 134 valence electrons. The highest BCUT2D eigenvalue weighted by atomic mass is 35.5. The molecule has 8 nitrogen and oxygen atoms in total. The Labute approximate surface area is 154 Å². The molecule has 0 radical (unpaired) electrons. The maximum Gasteiger partial charge on any atom is 0.248 e. The van der Waals surface area contributed by atoms with Gasteiger partial charge in [-0.3, -0.25) is 4.79 Å². The van der Waals surface area contributed by atoms with Crippen molar-refractivity contribution in [1.82, 2.24) is 20.2 Å². The Hall–Kier alpha value is -3.13. The normalized spacial score (nSPS) is 10.4. The van der Waals surface area contributed by atoms with Crippen molar-refractivity contribution in [3.63, 3.8) is 0 Å². The van der Waals surface area contributed by atoms with E-state index in [4.69, 9.17) is 21.1 Å². The maximum absolute atomic E-state index is 12.3. The highest BCUT2D eigenvalue weighted by Gasteiger charge is 2.12. The highest BCUT2D eigenvalue weighted by molar-refractivity contribution is 6.30. The number of hydrogen-bond acceptors (Lipinski definition) is 6. The van der Waals surface area contributed by atoms with E-state index in [1.54, 1.807) is 49.6 Å². The average Bonchev–Trinajstić information content (AvgIpc) is 3.11. The van der Waals surface area contributed by atoms with Crippen LogP contribution in [0.3, 0.4) is 0 Å². The van der Waals surface area contributed by atoms with E-state index in [0.717, 1.165) is 5.56 Å². The minimum Gasteiger partial charge on any atom is -0.497 e. The van der Waals surface area contributed by atoms with Crippen molar-refractivity contribution in [1.29, 1.82) is 0 Å². The first-order chi connectivity index (χ1) is 12.6. The van der Waals surface area contributed by atoms with Crippen molar-refractivity contribution < 1.29 is 14.3 Å². The van der Waals surface area contributed by atoms with Crippen LogP contribution in [0.2, 0.25) is 5.02 Å². The summed E-state index contributed by atoms with van der Waals surface area (Å²) < 4.78 is 10.4. The molecule has 9 heteroatoms. The fraction of sp³-hybridized carbons (Fsp3) is 0.176. The van der Waals surface area contributed by atoms with Crippen LogP contribution < -0.4 is 14.8 Å². The molecular weight excluding hydrogens is 358 g/mol. The second-order valence-corrected chi connectivity index (χ2v) is 5.70. The summed E-state index contributed by atoms with van der Waals surface area (Å²) in [7, 11) is 3.07. The number of carbonyl (C=O) groups excluding carboxylic acids is 1. The maximum atomic E-state index is 12.3. The lowest BCUT2D eigenvalue weighted by molar-refractivity contribution is -0.117. The number of amides is 1. The molecule has 0 atom stereocenters. The molecule has 1 aromatic heterocycles. The van der Waals surface area contributed by atoms with Gasteiger partial charge in [0.1, 0.15) is 18.0 Å². The molecule has 0 bridgehead atoms. The fourth-order valence-electron chi connectivity index (χ4n) is 2.24. The lowest BCUT2D eigenvalue weighted by atomic mass is 10.2. The Bertz CT molecular complexity index is 911. The minimum absolute atomic E-state index is 0.0875. The third kappa shape index (κ3) is 4.09. The van der Waals surface area contributed by atoms with Crippen molar-refractivity contribution in [3.8, 4) is 22.9 Å². The van der Waals surface area contributed by atoms with E-state index < -0.39 is 0 Å². The second-order valence-electron chi connectivity index (χ2n) is 5.26. The van der Waals surface area contributed by atoms with Crippen LogP contribution in [0.1, 0.15) is 0 Å². The molecule has 3 rings (SSSR count). The summed E-state index contributed by atoms with van der Waals surface area (Å²) in [5.74, 6) is 1.22. The first-order valence-corrected chi connectivity index (χ1v) is 8.02. The third-order valence-corrected chi connectivity index (χ3v) is 3.78. The Balaban J connectivity index is 1.68. The number of ether oxygens (including phenoxy) is 2. The number of methoxy groups -OCH3 is 2. The molecule has 0 fully saturated rings. The number of aromatic nitrogens is 4. The average molecular weight is 374 g/mol. The van der Waals surface area contributed by atoms with Crippen LogP contribution in [-0.2, 0) is 11.3 Å². The number of carbonyl (C=O) groups is 1. The topological polar surface area (TPSA) is 91.2 Å². The van der Waals surface area contributed by atoms with Gasteiger partial charge in [-0.2, -0.15) is 4.80 Å². The van der Waals surface area contributed by atoms with Crippen LogP contribution in [0.25, 0.3) is 11.4 Å². The second kappa shape index (κ2) is 7.83. The van der Waals surface area contributed by atoms with Crippen molar-refractivity contribution in [2.75, 3.05) is 19.5 Å². The smallest absolute Gasteiger partial charge is 0.248 e. The van der Waals surface area contributed by atoms with Crippen molar-refractivity contribution in [3.05, 3.63) is 47.5 Å². The zero-order valence-electron chi connectivity index (χ0n) is 14.1. The van der Waals surface area contributed by atoms with Gasteiger partial charge in [0.25, 0.3) is 0 Å². The van der Waals surface area contributed by atoms with Gasteiger partial charge in [0.05, 0.1) is 19.9 Å². The summed E-state index contributed by atoms with van der Waals surface area (Å²) >= 11 is 5.86. The van der Waals surface area contributed by atoms with E-state index in [9.17, 15) is 4.79 Å². The van der Waals surface area contributed by atoms with Gasteiger partial charge in [0.2, 0.25) is 11.7 Å². The van der Waals surface area contributed by atoms with Crippen LogP contribution in [0.5, 0.6) is 11.5 Å². The molecule has 3 aromatic rings. The predicted molar refractivity (Wildman–Crippen MR) is 96.4 cm³/mol. The number of hydrogen-bond donors (Lipinski definition) is 1. The monoisotopic (exact) mass is 373 g/mol. The largest absolute Gasteiger partial charge is 0.497 e. The van der Waals surface area contributed by atoms with Crippen LogP contribution in [0, 0.1) is 0 Å². The molecule has 1 amide bonds. The van der Waals surface area contributed by atoms with Gasteiger partial charge in [-0.05, 0) is 41.6 Å². The molecule has 0 aliphatic carbocycles. The first kappa shape index (κ1) is 17.7. The van der Waals surface area contributed by atoms with E-state index in [0.29, 0.717) is 28.0 Å². The van der Waals surface area contributed by atoms with Crippen molar-refractivity contribution >= 4 is 23.2 Å². The number of anilines is 1. The molecule has 26 heavy (non-hydrogen) atoms. The van der Waals surface area contributed by atoms with E-state index in [2.05, 4.69) is 20.7 Å². The van der Waals surface area contributed by atoms with E-state index >= 15 is 0 Å². The van der Waals surface area contributed by atoms with Gasteiger partial charge in [0.15, 0.2) is 0 Å². The van der Waals surface area contributed by atoms with Crippen LogP contribution in [-0.4, -0.2) is 40.3 Å². The molecule has 2 aromatic carbocycles. The van der Waals surface area contributed by atoms with E-state index in [-0.39, 0.29) is 12.5 Å². The number of tetrazole rings is 1. The van der Waals surface area contributed by atoms with E-state index in [1.807, 2.05) is 0 Å². The molecule has 1 heterocycles. The number of halogens is 1. The van der Waals surface area contributed by atoms with Gasteiger partial charge in [-0.25, -0.2) is 0 Å². The Kier molecular flexibility index (Phi) is 5.33. The van der Waals surface area contributed by atoms with E-state index in [1.165, 1.54) is 11.9 Å². The zero-order chi connectivity index (χ0) is 18.5. The molecule has 0 spiro atoms. The lowest BCUT2D eigenvalue weighted by Gasteiger charge is -2.11. The van der Waals surface area contributed by atoms with Gasteiger partial charge < -0.3 is 14.8 Å². The zero-order valence-corrected chi connectivity index (χ0v) is 14.9. The summed E-state index contributed by atoms with van der Waals surface area (Å²) in [5.41, 5.74) is 1.29. The molecule has 0 saturated heterocycles. The number of benzene rings is 2. The molecule has 0 aliphatic rings. The van der Waals surface area contributed by atoms with Crippen molar-refractivity contribution in [2.24, 2.45) is 0 Å². The van der Waals surface area contributed by atoms with Gasteiger partial charge in [-0.1, -0.05) is 11.6 Å². The molecule has 0 aliphatic heterocycles. The fourth-order valence-corrected chi connectivity index (χ4v) is 2.37. The minimum atomic E-state index is -0.312. The predicted octanol–water partition coefficient (Wildman–Crippen LogP) is 2.65. The molecule has 0 unspecified atom stereocenters. The summed E-state index contributed by atoms with van der Waals surface area (Å²) in [6.07, 6.45) is 0. The van der Waals surface area contributed by atoms with Gasteiger partial charge in [0, 0.05) is 16.7 Å². The van der Waals surface area contributed by atoms with Crippen LogP contribution in [0.4, 0.5) is 5.69 Å². The first-order valence-electron chi connectivity index (χ1n) is 7.64. The van der Waals surface area contributed by atoms with Gasteiger partial charge >= 0.3 is 0 Å².